The molecule has 1 aliphatic heterocycles. The van der Waals surface area contributed by atoms with Gasteiger partial charge in [-0.25, -0.2) is 0 Å². The van der Waals surface area contributed by atoms with Crippen molar-refractivity contribution in [3.05, 3.63) is 74.8 Å². The SMILES string of the molecule is C[C@@H](CNC(=O)Cc1ccc(C(F)(F)F)cc1[N+](=O)[O-])N1CCc2ccccc2C1. The van der Waals surface area contributed by atoms with Crippen LogP contribution in [0.2, 0.25) is 0 Å². The molecule has 0 unspecified atom stereocenters. The summed E-state index contributed by atoms with van der Waals surface area (Å²) < 4.78 is 38.4. The van der Waals surface area contributed by atoms with Gasteiger partial charge >= 0.3 is 6.18 Å². The molecule has 0 radical (unpaired) electrons. The van der Waals surface area contributed by atoms with Gasteiger partial charge in [0.05, 0.1) is 16.9 Å². The highest BCUT2D eigenvalue weighted by molar-refractivity contribution is 5.79. The Balaban J connectivity index is 1.59. The molecule has 3 rings (SSSR count). The fraction of sp³-hybridized carbons (Fsp3) is 0.381. The second-order valence-corrected chi connectivity index (χ2v) is 7.42. The van der Waals surface area contributed by atoms with Crippen LogP contribution >= 0.6 is 0 Å². The second-order valence-electron chi connectivity index (χ2n) is 7.42. The maximum atomic E-state index is 12.8. The Morgan fingerprint density at radius 3 is 2.60 bits per heavy atom. The number of rotatable bonds is 6. The standard InChI is InChI=1S/C21H22F3N3O3/c1-14(26-9-8-15-4-2-3-5-17(15)13-26)12-25-20(28)10-16-6-7-18(21(22,23)24)11-19(16)27(29)30/h2-7,11,14H,8-10,12-13H2,1H3,(H,25,28)/t14-/m0/s1. The van der Waals surface area contributed by atoms with Gasteiger partial charge in [0.15, 0.2) is 0 Å². The zero-order valence-corrected chi connectivity index (χ0v) is 16.4. The van der Waals surface area contributed by atoms with Gasteiger partial charge < -0.3 is 5.32 Å². The lowest BCUT2D eigenvalue weighted by atomic mass is 9.99. The van der Waals surface area contributed by atoms with E-state index in [2.05, 4.69) is 22.3 Å². The third-order valence-corrected chi connectivity index (χ3v) is 5.34. The van der Waals surface area contributed by atoms with E-state index in [1.165, 1.54) is 11.1 Å². The fourth-order valence-electron chi connectivity index (χ4n) is 3.58. The summed E-state index contributed by atoms with van der Waals surface area (Å²) in [5.41, 5.74) is 0.699. The van der Waals surface area contributed by atoms with Crippen molar-refractivity contribution < 1.29 is 22.9 Å². The number of nitrogens with one attached hydrogen (secondary N) is 1. The average Bonchev–Trinajstić information content (AvgIpc) is 2.71. The van der Waals surface area contributed by atoms with E-state index < -0.39 is 28.3 Å². The summed E-state index contributed by atoms with van der Waals surface area (Å²) in [6.07, 6.45) is -4.12. The first-order valence-electron chi connectivity index (χ1n) is 9.57. The van der Waals surface area contributed by atoms with Gasteiger partial charge in [-0.2, -0.15) is 13.2 Å². The number of carbonyl (C=O) groups excluding carboxylic acids is 1. The van der Waals surface area contributed by atoms with Gasteiger partial charge in [0.1, 0.15) is 0 Å². The average molecular weight is 421 g/mol. The summed E-state index contributed by atoms with van der Waals surface area (Å²) in [5, 5.41) is 13.9. The van der Waals surface area contributed by atoms with E-state index in [-0.39, 0.29) is 18.0 Å². The smallest absolute Gasteiger partial charge is 0.354 e. The van der Waals surface area contributed by atoms with Crippen LogP contribution in [0.1, 0.15) is 29.2 Å². The number of halogens is 3. The molecule has 0 saturated carbocycles. The predicted molar refractivity (Wildman–Crippen MR) is 105 cm³/mol. The molecule has 0 saturated heterocycles. The zero-order chi connectivity index (χ0) is 21.9. The van der Waals surface area contributed by atoms with E-state index in [4.69, 9.17) is 0 Å². The van der Waals surface area contributed by atoms with Gasteiger partial charge in [-0.05, 0) is 30.5 Å². The van der Waals surface area contributed by atoms with Crippen LogP contribution in [0.15, 0.2) is 42.5 Å². The Kier molecular flexibility index (Phi) is 6.40. The number of nitro benzene ring substituents is 1. The van der Waals surface area contributed by atoms with Crippen molar-refractivity contribution in [3.63, 3.8) is 0 Å². The molecule has 0 bridgehead atoms. The first kappa shape index (κ1) is 21.8. The van der Waals surface area contributed by atoms with Crippen LogP contribution in [0.5, 0.6) is 0 Å². The van der Waals surface area contributed by atoms with E-state index in [0.29, 0.717) is 12.6 Å². The van der Waals surface area contributed by atoms with Crippen molar-refractivity contribution in [1.29, 1.82) is 0 Å². The Labute approximate surface area is 171 Å². The molecule has 1 atom stereocenters. The lowest BCUT2D eigenvalue weighted by Gasteiger charge is -2.33. The Morgan fingerprint density at radius 1 is 1.23 bits per heavy atom. The molecule has 1 aliphatic rings. The highest BCUT2D eigenvalue weighted by atomic mass is 19.4. The molecule has 6 nitrogen and oxygen atoms in total. The van der Waals surface area contributed by atoms with Crippen LogP contribution in [0, 0.1) is 10.1 Å². The van der Waals surface area contributed by atoms with E-state index in [1.807, 2.05) is 19.1 Å². The molecule has 1 N–H and O–H groups in total. The third kappa shape index (κ3) is 5.15. The summed E-state index contributed by atoms with van der Waals surface area (Å²) in [6, 6.07) is 10.5. The van der Waals surface area contributed by atoms with Crippen LogP contribution < -0.4 is 5.32 Å². The van der Waals surface area contributed by atoms with Crippen molar-refractivity contribution >= 4 is 11.6 Å². The van der Waals surface area contributed by atoms with Gasteiger partial charge in [-0.15, -0.1) is 0 Å². The minimum atomic E-state index is -4.69. The van der Waals surface area contributed by atoms with Gasteiger partial charge in [-0.3, -0.25) is 19.8 Å². The number of fused-ring (bicyclic) bond motifs is 1. The van der Waals surface area contributed by atoms with E-state index >= 15 is 0 Å². The van der Waals surface area contributed by atoms with Gasteiger partial charge in [0.25, 0.3) is 5.69 Å². The molecular weight excluding hydrogens is 399 g/mol. The second kappa shape index (κ2) is 8.83. The fourth-order valence-corrected chi connectivity index (χ4v) is 3.58. The van der Waals surface area contributed by atoms with Crippen LogP contribution in [0.3, 0.4) is 0 Å². The molecule has 0 aromatic heterocycles. The van der Waals surface area contributed by atoms with Crippen LogP contribution in [-0.4, -0.2) is 34.9 Å². The van der Waals surface area contributed by atoms with Gasteiger partial charge in [0.2, 0.25) is 5.91 Å². The lowest BCUT2D eigenvalue weighted by Crippen LogP contribution is -2.44. The number of amides is 1. The predicted octanol–water partition coefficient (Wildman–Crippen LogP) is 3.72. The first-order valence-corrected chi connectivity index (χ1v) is 9.57. The Morgan fingerprint density at radius 2 is 1.93 bits per heavy atom. The molecule has 2 aromatic rings. The van der Waals surface area contributed by atoms with Crippen molar-refractivity contribution in [2.24, 2.45) is 0 Å². The zero-order valence-electron chi connectivity index (χ0n) is 16.4. The number of hydrogen-bond donors (Lipinski definition) is 1. The summed E-state index contributed by atoms with van der Waals surface area (Å²) in [6.45, 7) is 3.96. The van der Waals surface area contributed by atoms with Crippen molar-refractivity contribution in [3.8, 4) is 0 Å². The van der Waals surface area contributed by atoms with Crippen LogP contribution in [0.4, 0.5) is 18.9 Å². The quantitative estimate of drug-likeness (QED) is 0.570. The largest absolute Gasteiger partial charge is 0.416 e. The van der Waals surface area contributed by atoms with Gasteiger partial charge in [-0.1, -0.05) is 30.3 Å². The molecule has 2 aromatic carbocycles. The van der Waals surface area contributed by atoms with Gasteiger partial charge in [0, 0.05) is 37.3 Å². The summed E-state index contributed by atoms with van der Waals surface area (Å²) in [5.74, 6) is -0.470. The molecule has 1 heterocycles. The normalized spacial score (nSPS) is 15.3. The van der Waals surface area contributed by atoms with Crippen molar-refractivity contribution in [1.82, 2.24) is 10.2 Å². The third-order valence-electron chi connectivity index (χ3n) is 5.34. The monoisotopic (exact) mass is 421 g/mol. The minimum absolute atomic E-state index is 0.0462. The molecule has 30 heavy (non-hydrogen) atoms. The Hall–Kier alpha value is -2.94. The number of carbonyl (C=O) groups is 1. The highest BCUT2D eigenvalue weighted by Gasteiger charge is 2.33. The minimum Gasteiger partial charge on any atom is -0.354 e. The molecular formula is C21H22F3N3O3. The molecule has 0 spiro atoms. The summed E-state index contributed by atoms with van der Waals surface area (Å²) >= 11 is 0. The van der Waals surface area contributed by atoms with E-state index in [0.717, 1.165) is 31.6 Å². The molecule has 0 aliphatic carbocycles. The molecule has 0 fully saturated rings. The molecule has 160 valence electrons. The maximum Gasteiger partial charge on any atom is 0.416 e. The van der Waals surface area contributed by atoms with E-state index in [1.54, 1.807) is 0 Å². The Bertz CT molecular complexity index is 947. The van der Waals surface area contributed by atoms with Crippen molar-refractivity contribution in [2.45, 2.75) is 38.5 Å². The summed E-state index contributed by atoms with van der Waals surface area (Å²) in [7, 11) is 0. The lowest BCUT2D eigenvalue weighted by molar-refractivity contribution is -0.385. The number of alkyl halides is 3. The maximum absolute atomic E-state index is 12.8. The number of nitrogens with zero attached hydrogens (tertiary/aromatic N) is 2. The molecule has 9 heteroatoms. The topological polar surface area (TPSA) is 75.5 Å². The molecule has 1 amide bonds. The number of benzene rings is 2. The van der Waals surface area contributed by atoms with E-state index in [9.17, 15) is 28.1 Å². The van der Waals surface area contributed by atoms with Crippen LogP contribution in [0.25, 0.3) is 0 Å². The van der Waals surface area contributed by atoms with Crippen molar-refractivity contribution in [2.75, 3.05) is 13.1 Å². The summed E-state index contributed by atoms with van der Waals surface area (Å²) in [4.78, 5) is 24.8. The number of hydrogen-bond acceptors (Lipinski definition) is 4. The highest BCUT2D eigenvalue weighted by Crippen LogP contribution is 2.33. The van der Waals surface area contributed by atoms with Crippen LogP contribution in [-0.2, 0) is 30.4 Å². The first-order chi connectivity index (χ1) is 14.1. The number of nitro groups is 1.